The fraction of sp³-hybridized carbons (Fsp3) is 0.714. The largest absolute Gasteiger partial charge is 0.394 e. The molecule has 0 aromatic carbocycles. The van der Waals surface area contributed by atoms with Crippen molar-refractivity contribution < 1.29 is 40.1 Å². The van der Waals surface area contributed by atoms with Gasteiger partial charge in [-0.2, -0.15) is 4.98 Å². The maximum Gasteiger partial charge on any atom is 0.352 e. The highest BCUT2D eigenvalue weighted by Crippen LogP contribution is 2.42. The fourth-order valence-electron chi connectivity index (χ4n) is 3.40. The first-order valence-electron chi connectivity index (χ1n) is 7.90. The van der Waals surface area contributed by atoms with E-state index in [1.165, 1.54) is 6.07 Å². The Bertz CT molecular complexity index is 715. The van der Waals surface area contributed by atoms with Crippen molar-refractivity contribution in [2.24, 2.45) is 0 Å². The van der Waals surface area contributed by atoms with Crippen LogP contribution in [0.5, 0.6) is 0 Å². The molecule has 2 saturated heterocycles. The first-order valence-corrected chi connectivity index (χ1v) is 7.90. The molecule has 12 nitrogen and oxygen atoms in total. The van der Waals surface area contributed by atoms with Gasteiger partial charge in [-0.15, -0.1) is 0 Å². The molecule has 8 N–H and O–H groups in total. The van der Waals surface area contributed by atoms with Crippen molar-refractivity contribution in [1.82, 2.24) is 9.55 Å². The van der Waals surface area contributed by atoms with Crippen molar-refractivity contribution >= 4 is 5.82 Å². The summed E-state index contributed by atoms with van der Waals surface area (Å²) in [6, 6.07) is 1.22. The Hall–Kier alpha value is -1.64. The number of anilines is 1. The molecule has 8 atom stereocenters. The van der Waals surface area contributed by atoms with Gasteiger partial charge in [-0.25, -0.2) is 4.79 Å². The van der Waals surface area contributed by atoms with Crippen LogP contribution in [0.15, 0.2) is 17.1 Å². The zero-order valence-electron chi connectivity index (χ0n) is 13.5. The standard InChI is InChI=1S/C14H21N3O9/c15-7-1-2-17(13(24)16-7)14(11(23)9(21)6(3-18)26-14)12-10(22)8(20)5(19)4-25-12/h1-2,5-6,8-12,18-23H,3-4H2,(H2,15,16,24)/t5-,6-,8+,9-,10-,11-,12?,14+/m1/s1. The minimum Gasteiger partial charge on any atom is -0.394 e. The number of hydrogen-bond donors (Lipinski definition) is 7. The molecule has 2 fully saturated rings. The Morgan fingerprint density at radius 1 is 1.23 bits per heavy atom. The maximum absolute atomic E-state index is 12.4. The molecule has 2 aliphatic heterocycles. The molecule has 0 aliphatic carbocycles. The lowest BCUT2D eigenvalue weighted by Crippen LogP contribution is -2.67. The fourth-order valence-corrected chi connectivity index (χ4v) is 3.40. The molecule has 12 heteroatoms. The number of aromatic nitrogens is 2. The number of nitrogens with two attached hydrogens (primary N) is 1. The molecule has 3 rings (SSSR count). The number of aliphatic hydroxyl groups excluding tert-OH is 6. The zero-order valence-corrected chi connectivity index (χ0v) is 13.5. The first kappa shape index (κ1) is 19.1. The van der Waals surface area contributed by atoms with Crippen molar-refractivity contribution in [3.05, 3.63) is 22.7 Å². The second-order valence-corrected chi connectivity index (χ2v) is 6.33. The van der Waals surface area contributed by atoms with E-state index < -0.39 is 67.4 Å². The molecule has 0 radical (unpaired) electrons. The lowest BCUT2D eigenvalue weighted by molar-refractivity contribution is -0.288. The van der Waals surface area contributed by atoms with Gasteiger partial charge >= 0.3 is 5.69 Å². The summed E-state index contributed by atoms with van der Waals surface area (Å²) in [6.45, 7) is -1.14. The topological polar surface area (TPSA) is 201 Å². The third kappa shape index (κ3) is 2.71. The molecule has 0 spiro atoms. The van der Waals surface area contributed by atoms with Gasteiger partial charge in [0.25, 0.3) is 0 Å². The van der Waals surface area contributed by atoms with E-state index in [2.05, 4.69) is 4.98 Å². The predicted molar refractivity (Wildman–Crippen MR) is 82.6 cm³/mol. The van der Waals surface area contributed by atoms with Gasteiger partial charge in [0.15, 0.2) is 0 Å². The third-order valence-electron chi connectivity index (χ3n) is 4.76. The summed E-state index contributed by atoms with van der Waals surface area (Å²) in [5.74, 6) is -0.117. The molecule has 26 heavy (non-hydrogen) atoms. The van der Waals surface area contributed by atoms with E-state index in [1.807, 2.05) is 0 Å². The van der Waals surface area contributed by atoms with Crippen LogP contribution < -0.4 is 11.4 Å². The average Bonchev–Trinajstić information content (AvgIpc) is 2.85. The number of nitrogens with zero attached hydrogens (tertiary/aromatic N) is 2. The maximum atomic E-state index is 12.4. The molecule has 146 valence electrons. The highest BCUT2D eigenvalue weighted by Gasteiger charge is 2.64. The SMILES string of the molecule is Nc1ccn([C@]2(C3OC[C@@H](O)[C@H](O)[C@H]3O)O[C@H](CO)[C@@H](O)[C@H]2O)c(=O)n1. The summed E-state index contributed by atoms with van der Waals surface area (Å²) in [4.78, 5) is 15.9. The molecule has 2 aliphatic rings. The number of ether oxygens (including phenoxy) is 2. The molecule has 0 bridgehead atoms. The van der Waals surface area contributed by atoms with Gasteiger partial charge in [0.2, 0.25) is 5.72 Å². The Morgan fingerprint density at radius 3 is 2.50 bits per heavy atom. The van der Waals surface area contributed by atoms with E-state index in [9.17, 15) is 35.4 Å². The van der Waals surface area contributed by atoms with Crippen LogP contribution in [-0.4, -0.2) is 96.1 Å². The summed E-state index contributed by atoms with van der Waals surface area (Å²) in [5.41, 5.74) is 2.25. The zero-order chi connectivity index (χ0) is 19.2. The third-order valence-corrected chi connectivity index (χ3v) is 4.76. The molecule has 1 aromatic heterocycles. The molecule has 3 heterocycles. The summed E-state index contributed by atoms with van der Waals surface area (Å²) in [6.07, 6.45) is -10.1. The first-order chi connectivity index (χ1) is 12.2. The number of hydrogen-bond acceptors (Lipinski definition) is 11. The van der Waals surface area contributed by atoms with E-state index in [0.717, 1.165) is 10.8 Å². The van der Waals surface area contributed by atoms with E-state index in [4.69, 9.17) is 15.2 Å². The summed E-state index contributed by atoms with van der Waals surface area (Å²) >= 11 is 0. The normalized spacial score (nSPS) is 43.5. The molecule has 0 saturated carbocycles. The molecular weight excluding hydrogens is 354 g/mol. The summed E-state index contributed by atoms with van der Waals surface area (Å²) in [7, 11) is 0. The van der Waals surface area contributed by atoms with Gasteiger partial charge in [-0.05, 0) is 6.07 Å². The van der Waals surface area contributed by atoms with Crippen LogP contribution in [-0.2, 0) is 15.2 Å². The van der Waals surface area contributed by atoms with E-state index in [0.29, 0.717) is 0 Å². The van der Waals surface area contributed by atoms with Crippen LogP contribution in [0.3, 0.4) is 0 Å². The van der Waals surface area contributed by atoms with Crippen molar-refractivity contribution in [3.8, 4) is 0 Å². The van der Waals surface area contributed by atoms with Gasteiger partial charge < -0.3 is 45.8 Å². The highest BCUT2D eigenvalue weighted by molar-refractivity contribution is 5.24. The van der Waals surface area contributed by atoms with E-state index >= 15 is 0 Å². The van der Waals surface area contributed by atoms with Crippen LogP contribution in [0.25, 0.3) is 0 Å². The molecule has 0 amide bonds. The Labute approximate surface area is 146 Å². The van der Waals surface area contributed by atoms with Gasteiger partial charge in [0.05, 0.1) is 13.2 Å². The average molecular weight is 375 g/mol. The molecule has 1 aromatic rings. The lowest BCUT2D eigenvalue weighted by atomic mass is 9.87. The van der Waals surface area contributed by atoms with Gasteiger partial charge in [0, 0.05) is 6.20 Å². The van der Waals surface area contributed by atoms with Crippen LogP contribution >= 0.6 is 0 Å². The van der Waals surface area contributed by atoms with Crippen molar-refractivity contribution in [1.29, 1.82) is 0 Å². The quantitative estimate of drug-likeness (QED) is 0.267. The van der Waals surface area contributed by atoms with Gasteiger partial charge in [0.1, 0.15) is 48.5 Å². The van der Waals surface area contributed by atoms with Crippen LogP contribution in [0.2, 0.25) is 0 Å². The van der Waals surface area contributed by atoms with Crippen LogP contribution in [0.1, 0.15) is 0 Å². The second kappa shape index (κ2) is 6.83. The minimum absolute atomic E-state index is 0.117. The molecular formula is C14H21N3O9. The van der Waals surface area contributed by atoms with Gasteiger partial charge in [-0.3, -0.25) is 4.57 Å². The minimum atomic E-state index is -2.23. The van der Waals surface area contributed by atoms with Crippen LogP contribution in [0, 0.1) is 0 Å². The lowest BCUT2D eigenvalue weighted by Gasteiger charge is -2.46. The molecule has 1 unspecified atom stereocenters. The monoisotopic (exact) mass is 375 g/mol. The predicted octanol–water partition coefficient (Wildman–Crippen LogP) is -4.93. The van der Waals surface area contributed by atoms with Crippen molar-refractivity contribution in [2.75, 3.05) is 18.9 Å². The van der Waals surface area contributed by atoms with Crippen molar-refractivity contribution in [3.63, 3.8) is 0 Å². The Kier molecular flexibility index (Phi) is 5.02. The van der Waals surface area contributed by atoms with E-state index in [-0.39, 0.29) is 5.82 Å². The number of nitrogen functional groups attached to an aromatic ring is 1. The summed E-state index contributed by atoms with van der Waals surface area (Å²) < 4.78 is 11.7. The van der Waals surface area contributed by atoms with Crippen LogP contribution in [0.4, 0.5) is 5.82 Å². The van der Waals surface area contributed by atoms with E-state index in [1.54, 1.807) is 0 Å². The van der Waals surface area contributed by atoms with Gasteiger partial charge in [-0.1, -0.05) is 0 Å². The van der Waals surface area contributed by atoms with Crippen molar-refractivity contribution in [2.45, 2.75) is 48.5 Å². The number of aliphatic hydroxyl groups is 6. The second-order valence-electron chi connectivity index (χ2n) is 6.33. The Balaban J connectivity index is 2.16. The summed E-state index contributed by atoms with van der Waals surface area (Å²) in [5, 5.41) is 60.2. The smallest absolute Gasteiger partial charge is 0.352 e. The number of rotatable bonds is 3. The highest BCUT2D eigenvalue weighted by atomic mass is 16.6. The Morgan fingerprint density at radius 2 is 1.92 bits per heavy atom.